The molecule has 19 heavy (non-hydrogen) atoms. The molecular formula is C14H17BrClNO2. The number of ether oxygens (including phenoxy) is 1. The van der Waals surface area contributed by atoms with Crippen LogP contribution in [0.15, 0.2) is 22.7 Å². The van der Waals surface area contributed by atoms with Crippen molar-refractivity contribution in [1.29, 1.82) is 0 Å². The van der Waals surface area contributed by atoms with E-state index in [1.807, 2.05) is 11.8 Å². The van der Waals surface area contributed by atoms with E-state index < -0.39 is 0 Å². The van der Waals surface area contributed by atoms with Crippen molar-refractivity contribution in [1.82, 2.24) is 4.90 Å². The van der Waals surface area contributed by atoms with Crippen LogP contribution in [0.2, 0.25) is 5.02 Å². The van der Waals surface area contributed by atoms with Crippen molar-refractivity contribution < 1.29 is 9.53 Å². The second kappa shape index (κ2) is 5.81. The van der Waals surface area contributed by atoms with Gasteiger partial charge in [0.1, 0.15) is 0 Å². The molecule has 5 heteroatoms. The second-order valence-corrected chi connectivity index (χ2v) is 6.37. The zero-order chi connectivity index (χ0) is 14.0. The van der Waals surface area contributed by atoms with E-state index in [0.29, 0.717) is 17.1 Å². The molecule has 0 spiro atoms. The minimum absolute atomic E-state index is 0.0115. The van der Waals surface area contributed by atoms with Crippen molar-refractivity contribution in [2.75, 3.05) is 20.2 Å². The third kappa shape index (κ3) is 3.30. The Morgan fingerprint density at radius 1 is 1.53 bits per heavy atom. The van der Waals surface area contributed by atoms with Gasteiger partial charge in [0.15, 0.2) is 0 Å². The zero-order valence-corrected chi connectivity index (χ0v) is 13.4. The molecular weight excluding hydrogens is 330 g/mol. The van der Waals surface area contributed by atoms with E-state index in [1.165, 1.54) is 0 Å². The van der Waals surface area contributed by atoms with E-state index in [-0.39, 0.29) is 11.5 Å². The highest BCUT2D eigenvalue weighted by Crippen LogP contribution is 2.27. The Hall–Kier alpha value is -0.580. The Morgan fingerprint density at radius 2 is 2.26 bits per heavy atom. The minimum atomic E-state index is -0.243. The summed E-state index contributed by atoms with van der Waals surface area (Å²) >= 11 is 9.36. The maximum absolute atomic E-state index is 12.5. The third-order valence-corrected chi connectivity index (χ3v) is 4.84. The van der Waals surface area contributed by atoms with Crippen LogP contribution < -0.4 is 0 Å². The summed E-state index contributed by atoms with van der Waals surface area (Å²) in [4.78, 5) is 14.3. The van der Waals surface area contributed by atoms with Gasteiger partial charge in [0.25, 0.3) is 5.91 Å². The highest BCUT2D eigenvalue weighted by atomic mass is 79.9. The van der Waals surface area contributed by atoms with Crippen LogP contribution in [0.5, 0.6) is 0 Å². The summed E-state index contributed by atoms with van der Waals surface area (Å²) in [5.41, 5.74) is 0.376. The molecule has 1 aliphatic heterocycles. The van der Waals surface area contributed by atoms with Crippen LogP contribution in [0, 0.1) is 0 Å². The molecule has 0 saturated carbocycles. The van der Waals surface area contributed by atoms with Gasteiger partial charge in [-0.15, -0.1) is 0 Å². The van der Waals surface area contributed by atoms with E-state index in [1.54, 1.807) is 25.3 Å². The Balaban J connectivity index is 2.17. The van der Waals surface area contributed by atoms with Gasteiger partial charge in [0.2, 0.25) is 0 Å². The number of methoxy groups -OCH3 is 1. The molecule has 1 amide bonds. The van der Waals surface area contributed by atoms with Crippen molar-refractivity contribution in [3.05, 3.63) is 33.3 Å². The average Bonchev–Trinajstić information content (AvgIpc) is 2.41. The number of benzene rings is 1. The highest BCUT2D eigenvalue weighted by Gasteiger charge is 2.33. The number of likely N-dealkylation sites (tertiary alicyclic amines) is 1. The fourth-order valence-electron chi connectivity index (χ4n) is 2.36. The van der Waals surface area contributed by atoms with Gasteiger partial charge in [-0.3, -0.25) is 4.79 Å². The van der Waals surface area contributed by atoms with Gasteiger partial charge in [0.05, 0.1) is 10.6 Å². The van der Waals surface area contributed by atoms with Crippen LogP contribution in [-0.4, -0.2) is 36.6 Å². The summed E-state index contributed by atoms with van der Waals surface area (Å²) in [7, 11) is 1.70. The number of amides is 1. The third-order valence-electron chi connectivity index (χ3n) is 3.61. The van der Waals surface area contributed by atoms with Gasteiger partial charge >= 0.3 is 0 Å². The quantitative estimate of drug-likeness (QED) is 0.816. The molecule has 0 bridgehead atoms. The predicted molar refractivity (Wildman–Crippen MR) is 79.7 cm³/mol. The van der Waals surface area contributed by atoms with Crippen molar-refractivity contribution in [3.8, 4) is 0 Å². The average molecular weight is 347 g/mol. The maximum atomic E-state index is 12.5. The first-order chi connectivity index (χ1) is 8.95. The van der Waals surface area contributed by atoms with E-state index in [2.05, 4.69) is 15.9 Å². The normalized spacial score (nSPS) is 23.5. The maximum Gasteiger partial charge on any atom is 0.254 e. The van der Waals surface area contributed by atoms with E-state index in [9.17, 15) is 4.79 Å². The predicted octanol–water partition coefficient (Wildman–Crippen LogP) is 3.74. The molecule has 0 aromatic heterocycles. The summed E-state index contributed by atoms with van der Waals surface area (Å²) in [5.74, 6) is 0.0115. The fourth-order valence-corrected chi connectivity index (χ4v) is 2.78. The number of piperidine rings is 1. The molecule has 0 N–H and O–H groups in total. The van der Waals surface area contributed by atoms with Crippen LogP contribution in [0.4, 0.5) is 0 Å². The van der Waals surface area contributed by atoms with Gasteiger partial charge in [-0.2, -0.15) is 0 Å². The molecule has 0 aliphatic carbocycles. The summed E-state index contributed by atoms with van der Waals surface area (Å²) in [6, 6.07) is 5.29. The summed E-state index contributed by atoms with van der Waals surface area (Å²) in [6.45, 7) is 3.43. The Labute approximate surface area is 127 Å². The number of carbonyl (C=O) groups excluding carboxylic acids is 1. The van der Waals surface area contributed by atoms with Gasteiger partial charge in [-0.25, -0.2) is 0 Å². The fraction of sp³-hybridized carbons (Fsp3) is 0.500. The van der Waals surface area contributed by atoms with Gasteiger partial charge in [-0.1, -0.05) is 11.6 Å². The first-order valence-electron chi connectivity index (χ1n) is 6.25. The number of rotatable bonds is 2. The molecule has 1 heterocycles. The topological polar surface area (TPSA) is 29.5 Å². The lowest BCUT2D eigenvalue weighted by molar-refractivity contribution is -0.0440. The van der Waals surface area contributed by atoms with E-state index >= 15 is 0 Å². The largest absolute Gasteiger partial charge is 0.377 e. The van der Waals surface area contributed by atoms with Crippen molar-refractivity contribution in [3.63, 3.8) is 0 Å². The molecule has 1 aromatic rings. The Kier molecular flexibility index (Phi) is 4.54. The van der Waals surface area contributed by atoms with Crippen LogP contribution in [-0.2, 0) is 4.74 Å². The SMILES string of the molecule is COC1(C)CCCN(C(=O)c2ccc(Br)c(Cl)c2)C1. The monoisotopic (exact) mass is 345 g/mol. The van der Waals surface area contributed by atoms with Crippen molar-refractivity contribution >= 4 is 33.4 Å². The van der Waals surface area contributed by atoms with Crippen LogP contribution in [0.25, 0.3) is 0 Å². The number of hydrogen-bond donors (Lipinski definition) is 0. The first-order valence-corrected chi connectivity index (χ1v) is 7.42. The van der Waals surface area contributed by atoms with Gasteiger partial charge in [-0.05, 0) is 53.9 Å². The van der Waals surface area contributed by atoms with Crippen LogP contribution in [0.3, 0.4) is 0 Å². The number of carbonyl (C=O) groups is 1. The second-order valence-electron chi connectivity index (χ2n) is 5.11. The van der Waals surface area contributed by atoms with E-state index in [4.69, 9.17) is 16.3 Å². The Bertz CT molecular complexity index is 494. The van der Waals surface area contributed by atoms with Crippen LogP contribution >= 0.6 is 27.5 Å². The lowest BCUT2D eigenvalue weighted by Crippen LogP contribution is -2.49. The minimum Gasteiger partial charge on any atom is -0.377 e. The lowest BCUT2D eigenvalue weighted by atomic mass is 9.94. The molecule has 1 saturated heterocycles. The molecule has 0 radical (unpaired) electrons. The molecule has 2 rings (SSSR count). The molecule has 104 valence electrons. The summed E-state index contributed by atoms with van der Waals surface area (Å²) in [5, 5.41) is 0.553. The van der Waals surface area contributed by atoms with Crippen molar-refractivity contribution in [2.45, 2.75) is 25.4 Å². The zero-order valence-electron chi connectivity index (χ0n) is 11.1. The van der Waals surface area contributed by atoms with E-state index in [0.717, 1.165) is 23.9 Å². The lowest BCUT2D eigenvalue weighted by Gasteiger charge is -2.39. The highest BCUT2D eigenvalue weighted by molar-refractivity contribution is 9.10. The van der Waals surface area contributed by atoms with Crippen molar-refractivity contribution in [2.24, 2.45) is 0 Å². The number of nitrogens with zero attached hydrogens (tertiary/aromatic N) is 1. The van der Waals surface area contributed by atoms with Gasteiger partial charge < -0.3 is 9.64 Å². The Morgan fingerprint density at radius 3 is 2.89 bits per heavy atom. The number of hydrogen-bond acceptors (Lipinski definition) is 2. The summed E-state index contributed by atoms with van der Waals surface area (Å²) in [6.07, 6.45) is 1.94. The molecule has 1 aliphatic rings. The number of halogens is 2. The smallest absolute Gasteiger partial charge is 0.254 e. The summed E-state index contributed by atoms with van der Waals surface area (Å²) < 4.78 is 6.31. The molecule has 3 nitrogen and oxygen atoms in total. The molecule has 1 fully saturated rings. The van der Waals surface area contributed by atoms with Gasteiger partial charge in [0, 0.05) is 30.2 Å². The standard InChI is InChI=1S/C14H17BrClNO2/c1-14(19-2)6-3-7-17(9-14)13(18)10-4-5-11(15)12(16)8-10/h4-5,8H,3,6-7,9H2,1-2H3. The molecule has 1 unspecified atom stereocenters. The molecule has 1 atom stereocenters. The first kappa shape index (κ1) is 14.8. The molecule has 1 aromatic carbocycles. The van der Waals surface area contributed by atoms with Crippen LogP contribution in [0.1, 0.15) is 30.1 Å².